The van der Waals surface area contributed by atoms with Gasteiger partial charge in [0.05, 0.1) is 18.1 Å². The summed E-state index contributed by atoms with van der Waals surface area (Å²) < 4.78 is 0. The van der Waals surface area contributed by atoms with Gasteiger partial charge in [-0.15, -0.1) is 0 Å². The minimum Gasteiger partial charge on any atom is -0.351 e. The molecule has 5 nitrogen and oxygen atoms in total. The molecule has 0 spiro atoms. The molecule has 0 bridgehead atoms. The predicted molar refractivity (Wildman–Crippen MR) is 104 cm³/mol. The number of carbonyl (C=O) groups is 2. The van der Waals surface area contributed by atoms with Crippen LogP contribution in [0, 0.1) is 0 Å². The smallest absolute Gasteiger partial charge is 0.244 e. The highest BCUT2D eigenvalue weighted by molar-refractivity contribution is 5.91. The van der Waals surface area contributed by atoms with Crippen LogP contribution < -0.4 is 5.32 Å². The monoisotopic (exact) mass is 363 g/mol. The van der Waals surface area contributed by atoms with Gasteiger partial charge in [-0.2, -0.15) is 0 Å². The summed E-state index contributed by atoms with van der Waals surface area (Å²) in [6.07, 6.45) is 0.470. The summed E-state index contributed by atoms with van der Waals surface area (Å²) in [5.41, 5.74) is 1.49. The highest BCUT2D eigenvalue weighted by atomic mass is 16.2. The average molecular weight is 363 g/mol. The number of rotatable bonds is 4. The standard InChI is InChI=1S/C22H25N3O2/c1-22(2)21(27)24(15-17-11-7-4-8-12-17)19-14-23-20(26)18(25(19)22)13-16-9-5-3-6-10-16/h3-12,18-19H,13-15H2,1-2H3,(H,23,26)/t18-,19+/m0/s1. The fourth-order valence-corrected chi connectivity index (χ4v) is 4.35. The Morgan fingerprint density at radius 2 is 1.56 bits per heavy atom. The van der Waals surface area contributed by atoms with Crippen molar-refractivity contribution in [3.63, 3.8) is 0 Å². The molecule has 2 heterocycles. The molecule has 2 aliphatic rings. The first kappa shape index (κ1) is 17.7. The Bertz CT molecular complexity index is 835. The Morgan fingerprint density at radius 1 is 0.963 bits per heavy atom. The SMILES string of the molecule is CC1(C)C(=O)N(Cc2ccccc2)[C@H]2CNC(=O)[C@H](Cc3ccccc3)N21. The van der Waals surface area contributed by atoms with E-state index in [1.807, 2.05) is 79.4 Å². The molecule has 2 amide bonds. The molecule has 4 rings (SSSR count). The van der Waals surface area contributed by atoms with Gasteiger partial charge in [-0.1, -0.05) is 60.7 Å². The van der Waals surface area contributed by atoms with Gasteiger partial charge in [0, 0.05) is 6.54 Å². The maximum atomic E-state index is 13.2. The second kappa shape index (κ2) is 6.82. The van der Waals surface area contributed by atoms with Crippen LogP contribution in [0.15, 0.2) is 60.7 Å². The molecule has 5 heteroatoms. The van der Waals surface area contributed by atoms with Gasteiger partial charge in [0.2, 0.25) is 11.8 Å². The van der Waals surface area contributed by atoms with Gasteiger partial charge < -0.3 is 10.2 Å². The van der Waals surface area contributed by atoms with E-state index in [1.54, 1.807) is 0 Å². The number of hydrogen-bond donors (Lipinski definition) is 1. The van der Waals surface area contributed by atoms with E-state index in [0.717, 1.165) is 11.1 Å². The summed E-state index contributed by atoms with van der Waals surface area (Å²) in [7, 11) is 0. The van der Waals surface area contributed by atoms with Crippen LogP contribution in [0.2, 0.25) is 0 Å². The normalized spacial score (nSPS) is 24.6. The lowest BCUT2D eigenvalue weighted by Crippen LogP contribution is -2.65. The Morgan fingerprint density at radius 3 is 2.19 bits per heavy atom. The van der Waals surface area contributed by atoms with Crippen molar-refractivity contribution in [1.82, 2.24) is 15.1 Å². The number of nitrogens with one attached hydrogen (secondary N) is 1. The highest BCUT2D eigenvalue weighted by Gasteiger charge is 2.57. The number of amides is 2. The minimum absolute atomic E-state index is 0.00228. The quantitative estimate of drug-likeness (QED) is 0.906. The lowest BCUT2D eigenvalue weighted by Gasteiger charge is -2.43. The number of hydrogen-bond acceptors (Lipinski definition) is 3. The molecular formula is C22H25N3O2. The number of carbonyl (C=O) groups excluding carboxylic acids is 2. The lowest BCUT2D eigenvalue weighted by atomic mass is 9.95. The van der Waals surface area contributed by atoms with Crippen LogP contribution in [-0.4, -0.2) is 45.9 Å². The van der Waals surface area contributed by atoms with E-state index < -0.39 is 5.54 Å². The van der Waals surface area contributed by atoms with Crippen molar-refractivity contribution >= 4 is 11.8 Å². The summed E-state index contributed by atoms with van der Waals surface area (Å²) in [6.45, 7) is 4.89. The molecule has 2 saturated heterocycles. The molecule has 2 aliphatic heterocycles. The fourth-order valence-electron chi connectivity index (χ4n) is 4.35. The van der Waals surface area contributed by atoms with Gasteiger partial charge in [-0.05, 0) is 31.4 Å². The number of fused-ring (bicyclic) bond motifs is 1. The van der Waals surface area contributed by atoms with Crippen molar-refractivity contribution < 1.29 is 9.59 Å². The van der Waals surface area contributed by atoms with Crippen molar-refractivity contribution in [3.05, 3.63) is 71.8 Å². The first-order chi connectivity index (χ1) is 13.0. The summed E-state index contributed by atoms with van der Waals surface area (Å²) in [5.74, 6) is 0.0726. The minimum atomic E-state index is -0.712. The zero-order valence-electron chi connectivity index (χ0n) is 15.8. The van der Waals surface area contributed by atoms with Crippen LogP contribution in [0.4, 0.5) is 0 Å². The van der Waals surface area contributed by atoms with Crippen LogP contribution in [0.1, 0.15) is 25.0 Å². The summed E-state index contributed by atoms with van der Waals surface area (Å²) in [6, 6.07) is 19.7. The van der Waals surface area contributed by atoms with Crippen molar-refractivity contribution in [2.75, 3.05) is 6.54 Å². The zero-order valence-corrected chi connectivity index (χ0v) is 15.8. The molecule has 2 aromatic carbocycles. The summed E-state index contributed by atoms with van der Waals surface area (Å²) in [5, 5.41) is 3.02. The van der Waals surface area contributed by atoms with E-state index >= 15 is 0 Å². The third-order valence-electron chi connectivity index (χ3n) is 5.68. The van der Waals surface area contributed by atoms with Crippen LogP contribution in [0.3, 0.4) is 0 Å². The molecule has 0 saturated carbocycles. The van der Waals surface area contributed by atoms with Crippen molar-refractivity contribution in [3.8, 4) is 0 Å². The van der Waals surface area contributed by atoms with Crippen molar-refractivity contribution in [1.29, 1.82) is 0 Å². The zero-order chi connectivity index (χ0) is 19.0. The van der Waals surface area contributed by atoms with Gasteiger partial charge in [-0.3, -0.25) is 14.5 Å². The maximum absolute atomic E-state index is 13.2. The predicted octanol–water partition coefficient (Wildman–Crippen LogP) is 2.18. The Labute approximate surface area is 160 Å². The van der Waals surface area contributed by atoms with E-state index in [0.29, 0.717) is 19.5 Å². The molecule has 140 valence electrons. The number of piperazine rings is 1. The van der Waals surface area contributed by atoms with E-state index in [2.05, 4.69) is 10.2 Å². The van der Waals surface area contributed by atoms with Crippen LogP contribution in [-0.2, 0) is 22.6 Å². The third kappa shape index (κ3) is 3.12. The van der Waals surface area contributed by atoms with E-state index in [1.165, 1.54) is 0 Å². The molecule has 2 aromatic rings. The van der Waals surface area contributed by atoms with Gasteiger partial charge in [-0.25, -0.2) is 0 Å². The number of nitrogens with zero attached hydrogens (tertiary/aromatic N) is 2. The molecular weight excluding hydrogens is 338 g/mol. The molecule has 0 aromatic heterocycles. The van der Waals surface area contributed by atoms with Gasteiger partial charge >= 0.3 is 0 Å². The summed E-state index contributed by atoms with van der Waals surface area (Å²) in [4.78, 5) is 30.0. The Balaban J connectivity index is 1.65. The van der Waals surface area contributed by atoms with Crippen LogP contribution in [0.5, 0.6) is 0 Å². The molecule has 1 N–H and O–H groups in total. The summed E-state index contributed by atoms with van der Waals surface area (Å²) >= 11 is 0. The molecule has 0 radical (unpaired) electrons. The molecule has 2 fully saturated rings. The second-order valence-corrected chi connectivity index (χ2v) is 7.82. The maximum Gasteiger partial charge on any atom is 0.244 e. The van der Waals surface area contributed by atoms with E-state index in [-0.39, 0.29) is 24.0 Å². The molecule has 27 heavy (non-hydrogen) atoms. The number of benzene rings is 2. The Hall–Kier alpha value is -2.66. The topological polar surface area (TPSA) is 52.7 Å². The molecule has 0 aliphatic carbocycles. The van der Waals surface area contributed by atoms with Gasteiger partial charge in [0.15, 0.2) is 0 Å². The molecule has 0 unspecified atom stereocenters. The fraction of sp³-hybridized carbons (Fsp3) is 0.364. The highest BCUT2D eigenvalue weighted by Crippen LogP contribution is 2.36. The first-order valence-electron chi connectivity index (χ1n) is 9.43. The lowest BCUT2D eigenvalue weighted by molar-refractivity contribution is -0.135. The Kier molecular flexibility index (Phi) is 4.48. The van der Waals surface area contributed by atoms with E-state index in [9.17, 15) is 9.59 Å². The third-order valence-corrected chi connectivity index (χ3v) is 5.68. The van der Waals surface area contributed by atoms with Gasteiger partial charge in [0.1, 0.15) is 6.17 Å². The first-order valence-corrected chi connectivity index (χ1v) is 9.43. The van der Waals surface area contributed by atoms with Crippen molar-refractivity contribution in [2.45, 2.75) is 44.6 Å². The van der Waals surface area contributed by atoms with Crippen LogP contribution >= 0.6 is 0 Å². The van der Waals surface area contributed by atoms with Crippen molar-refractivity contribution in [2.24, 2.45) is 0 Å². The van der Waals surface area contributed by atoms with Gasteiger partial charge in [0.25, 0.3) is 0 Å². The van der Waals surface area contributed by atoms with E-state index in [4.69, 9.17) is 0 Å². The van der Waals surface area contributed by atoms with Crippen LogP contribution in [0.25, 0.3) is 0 Å². The molecule has 2 atom stereocenters. The second-order valence-electron chi connectivity index (χ2n) is 7.82. The average Bonchev–Trinajstić information content (AvgIpc) is 2.86. The largest absolute Gasteiger partial charge is 0.351 e.